The number of hydrogen-bond donors (Lipinski definition) is 16. The van der Waals surface area contributed by atoms with Gasteiger partial charge in [0, 0.05) is 25.8 Å². The van der Waals surface area contributed by atoms with Gasteiger partial charge in [-0.15, -0.1) is 0 Å². The van der Waals surface area contributed by atoms with Crippen LogP contribution in [0.25, 0.3) is 0 Å². The summed E-state index contributed by atoms with van der Waals surface area (Å²) < 4.78 is 0. The number of aliphatic hydroxyl groups is 1. The van der Waals surface area contributed by atoms with E-state index in [9.17, 15) is 82.4 Å². The quantitative estimate of drug-likeness (QED) is 0.0259. The number of nitrogens with one attached hydrogen (secondary N) is 8. The number of carbonyl (C=O) groups excluding carboxylic acids is 11. The highest BCUT2D eigenvalue weighted by Gasteiger charge is 2.40. The lowest BCUT2D eigenvalue weighted by atomic mass is 10.0. The molecule has 1 fully saturated rings. The Morgan fingerprint density at radius 3 is 1.63 bits per heavy atom. The van der Waals surface area contributed by atoms with E-state index in [0.29, 0.717) is 19.4 Å². The van der Waals surface area contributed by atoms with Crippen LogP contribution < -0.4 is 65.5 Å². The van der Waals surface area contributed by atoms with E-state index in [-0.39, 0.29) is 44.6 Å². The molecular formula is C44H73N13O18. The second-order valence-corrected chi connectivity index (χ2v) is 18.1. The molecule has 11 amide bonds. The molecule has 1 saturated heterocycles. The average molecular weight is 1070 g/mol. The fraction of sp³-hybridized carbons (Fsp3) is 0.682. The molecule has 0 spiro atoms. The minimum Gasteiger partial charge on any atom is -0.481 e. The van der Waals surface area contributed by atoms with Gasteiger partial charge in [-0.3, -0.25) is 62.3 Å². The molecule has 0 aromatic carbocycles. The molecule has 422 valence electrons. The highest BCUT2D eigenvalue weighted by Crippen LogP contribution is 2.20. The number of hydrogen-bond acceptors (Lipinski definition) is 17. The predicted octanol–water partition coefficient (Wildman–Crippen LogP) is -7.04. The van der Waals surface area contributed by atoms with E-state index in [1.807, 2.05) is 0 Å². The Labute approximate surface area is 430 Å². The van der Waals surface area contributed by atoms with E-state index in [0.717, 1.165) is 4.90 Å². The number of nitrogens with two attached hydrogens (primary N) is 4. The van der Waals surface area contributed by atoms with Crippen LogP contribution in [0.1, 0.15) is 104 Å². The van der Waals surface area contributed by atoms with Crippen LogP contribution >= 0.6 is 0 Å². The van der Waals surface area contributed by atoms with Crippen molar-refractivity contribution in [3.05, 3.63) is 0 Å². The van der Waals surface area contributed by atoms with Crippen LogP contribution in [0, 0.1) is 5.92 Å². The summed E-state index contributed by atoms with van der Waals surface area (Å²) in [6.45, 7) is 2.98. The van der Waals surface area contributed by atoms with E-state index >= 15 is 0 Å². The number of primary amides is 2. The maximum atomic E-state index is 14.1. The molecular weight excluding hydrogens is 999 g/mol. The lowest BCUT2D eigenvalue weighted by Crippen LogP contribution is -2.60. The number of rotatable bonds is 36. The van der Waals surface area contributed by atoms with Crippen molar-refractivity contribution in [1.29, 1.82) is 0 Å². The van der Waals surface area contributed by atoms with Crippen molar-refractivity contribution in [2.45, 2.75) is 159 Å². The highest BCUT2D eigenvalue weighted by atomic mass is 16.4. The molecule has 0 bridgehead atoms. The van der Waals surface area contributed by atoms with Crippen LogP contribution in [0.2, 0.25) is 0 Å². The van der Waals surface area contributed by atoms with Crippen molar-refractivity contribution in [2.75, 3.05) is 26.2 Å². The molecule has 0 unspecified atom stereocenters. The van der Waals surface area contributed by atoms with E-state index in [2.05, 4.69) is 42.5 Å². The van der Waals surface area contributed by atoms with Gasteiger partial charge in [-0.25, -0.2) is 4.79 Å². The molecule has 0 radical (unpaired) electrons. The Morgan fingerprint density at radius 2 is 1.11 bits per heavy atom. The Balaban J connectivity index is 3.32. The van der Waals surface area contributed by atoms with Gasteiger partial charge in [0.15, 0.2) is 0 Å². The summed E-state index contributed by atoms with van der Waals surface area (Å²) in [5.41, 5.74) is 21.8. The number of nitrogens with zero attached hydrogens (tertiary/aromatic N) is 1. The first-order valence-electron chi connectivity index (χ1n) is 24.1. The summed E-state index contributed by atoms with van der Waals surface area (Å²) in [7, 11) is 0. The fourth-order valence-corrected chi connectivity index (χ4v) is 7.36. The van der Waals surface area contributed by atoms with E-state index in [4.69, 9.17) is 28.0 Å². The van der Waals surface area contributed by atoms with E-state index < -0.39 is 189 Å². The molecule has 0 aromatic heterocycles. The lowest BCUT2D eigenvalue weighted by molar-refractivity contribution is -0.144. The van der Waals surface area contributed by atoms with E-state index in [1.165, 1.54) is 6.92 Å². The van der Waals surface area contributed by atoms with Gasteiger partial charge in [-0.2, -0.15) is 0 Å². The number of carbonyl (C=O) groups is 14. The topological polar surface area (TPSA) is 523 Å². The first-order valence-corrected chi connectivity index (χ1v) is 24.1. The number of aliphatic hydroxyl groups excluding tert-OH is 1. The van der Waals surface area contributed by atoms with Crippen molar-refractivity contribution >= 4 is 82.9 Å². The first-order chi connectivity index (χ1) is 35.1. The zero-order chi connectivity index (χ0) is 57.1. The Hall–Kier alpha value is -7.54. The van der Waals surface area contributed by atoms with Crippen molar-refractivity contribution < 1.29 is 87.5 Å². The third-order valence-electron chi connectivity index (χ3n) is 11.4. The van der Waals surface area contributed by atoms with Crippen LogP contribution in [0.3, 0.4) is 0 Å². The van der Waals surface area contributed by atoms with Crippen molar-refractivity contribution in [2.24, 2.45) is 28.9 Å². The largest absolute Gasteiger partial charge is 0.481 e. The smallest absolute Gasteiger partial charge is 0.326 e. The zero-order valence-corrected chi connectivity index (χ0v) is 42.1. The summed E-state index contributed by atoms with van der Waals surface area (Å²) in [6, 6.07) is -13.7. The van der Waals surface area contributed by atoms with E-state index in [1.54, 1.807) is 13.8 Å². The summed E-state index contributed by atoms with van der Waals surface area (Å²) in [5.74, 6) is -15.5. The third-order valence-corrected chi connectivity index (χ3v) is 11.4. The van der Waals surface area contributed by atoms with Gasteiger partial charge in [0.25, 0.3) is 0 Å². The molecule has 1 rings (SSSR count). The molecule has 0 aromatic rings. The molecule has 9 atom stereocenters. The van der Waals surface area contributed by atoms with Crippen LogP contribution in [0.5, 0.6) is 0 Å². The molecule has 1 aliphatic rings. The van der Waals surface area contributed by atoms with Crippen LogP contribution in [0.4, 0.5) is 0 Å². The second kappa shape index (κ2) is 33.3. The Kier molecular flexibility index (Phi) is 29.1. The molecule has 20 N–H and O–H groups in total. The van der Waals surface area contributed by atoms with Gasteiger partial charge in [-0.1, -0.05) is 13.8 Å². The molecule has 31 nitrogen and oxygen atoms in total. The van der Waals surface area contributed by atoms with Crippen molar-refractivity contribution in [3.8, 4) is 0 Å². The normalized spacial score (nSPS) is 16.2. The van der Waals surface area contributed by atoms with Gasteiger partial charge < -0.3 is 90.8 Å². The number of amides is 11. The van der Waals surface area contributed by atoms with Crippen LogP contribution in [-0.4, -0.2) is 189 Å². The minimum atomic E-state index is -1.79. The maximum absolute atomic E-state index is 14.1. The summed E-state index contributed by atoms with van der Waals surface area (Å²) >= 11 is 0. The Morgan fingerprint density at radius 1 is 0.587 bits per heavy atom. The Bertz CT molecular complexity index is 2080. The first kappa shape index (κ1) is 65.5. The molecule has 1 aliphatic heterocycles. The van der Waals surface area contributed by atoms with Gasteiger partial charge >= 0.3 is 17.9 Å². The van der Waals surface area contributed by atoms with Gasteiger partial charge in [0.1, 0.15) is 48.3 Å². The van der Waals surface area contributed by atoms with Crippen LogP contribution in [0.15, 0.2) is 0 Å². The number of carboxylic acids is 3. The molecule has 0 aliphatic carbocycles. The van der Waals surface area contributed by atoms with Crippen LogP contribution in [-0.2, 0) is 67.1 Å². The summed E-state index contributed by atoms with van der Waals surface area (Å²) in [4.78, 5) is 179. The standard InChI is InChI=1S/C44H73N13O18/c1-21(2)17-27(40(70)56-28(18-32(48)60)43(73)57-16-6-8-30(57)42(72)50-22(3)36(66)54-26(44(74)75)7-4-5-15-45)55-39(69)25(11-14-35(64)65)52-38(68)24(10-12-31(47)59)53-41(71)29(20-58)51-33(61)19-49-37(67)23(46)9-13-34(62)63/h21-30,58H,4-20,45-46H2,1-3H3,(H2,47,59)(H2,48,60)(H,49,67)(H,50,72)(H,51,61)(H,52,68)(H,53,71)(H,54,66)(H,55,69)(H,56,70)(H,62,63)(H,64,65)(H,74,75)/t22-,23-,24-,25-,26-,27-,28-,29-,30-/m0/s1. The zero-order valence-electron chi connectivity index (χ0n) is 42.1. The average Bonchev–Trinajstić information content (AvgIpc) is 3.83. The molecule has 31 heteroatoms. The molecule has 1 heterocycles. The predicted molar refractivity (Wildman–Crippen MR) is 258 cm³/mol. The van der Waals surface area contributed by atoms with Gasteiger partial charge in [-0.05, 0) is 77.2 Å². The second-order valence-electron chi connectivity index (χ2n) is 18.1. The highest BCUT2D eigenvalue weighted by molar-refractivity contribution is 5.99. The van der Waals surface area contributed by atoms with Crippen molar-refractivity contribution in [1.82, 2.24) is 47.4 Å². The number of unbranched alkanes of at least 4 members (excludes halogenated alkanes) is 1. The van der Waals surface area contributed by atoms with Crippen molar-refractivity contribution in [3.63, 3.8) is 0 Å². The molecule has 75 heavy (non-hydrogen) atoms. The van der Waals surface area contributed by atoms with Gasteiger partial charge in [0.05, 0.1) is 25.6 Å². The fourth-order valence-electron chi connectivity index (χ4n) is 7.36. The SMILES string of the molecule is CC(C)C[C@H](NC(=O)[C@H](CCC(=O)O)NC(=O)[C@H](CCC(N)=O)NC(=O)[C@H](CO)NC(=O)CNC(=O)[C@@H](N)CCC(=O)O)C(=O)N[C@@H](CC(N)=O)C(=O)N1CCC[C@H]1C(=O)N[C@@H](C)C(=O)N[C@@H](CCCCN)C(=O)O. The maximum Gasteiger partial charge on any atom is 0.326 e. The minimum absolute atomic E-state index is 0.0494. The number of carboxylic acid groups (broad SMARTS) is 3. The number of likely N-dealkylation sites (tertiary alicyclic amines) is 1. The molecule has 0 saturated carbocycles. The third kappa shape index (κ3) is 24.8. The summed E-state index contributed by atoms with van der Waals surface area (Å²) in [5, 5.41) is 56.0. The van der Waals surface area contributed by atoms with Gasteiger partial charge in [0.2, 0.25) is 65.0 Å². The lowest BCUT2D eigenvalue weighted by Gasteiger charge is -2.30. The number of aliphatic carboxylic acids is 3. The summed E-state index contributed by atoms with van der Waals surface area (Å²) in [6.07, 6.45) is -2.80. The monoisotopic (exact) mass is 1070 g/mol.